The summed E-state index contributed by atoms with van der Waals surface area (Å²) < 4.78 is 1.11. The molecule has 0 aromatic carbocycles. The maximum Gasteiger partial charge on any atom is 0.142 e. The van der Waals surface area contributed by atoms with Gasteiger partial charge in [-0.05, 0) is 40.2 Å². The Labute approximate surface area is 100 Å². The van der Waals surface area contributed by atoms with Crippen molar-refractivity contribution in [2.45, 2.75) is 12.8 Å². The molecule has 14 heavy (non-hydrogen) atoms. The molecule has 0 N–H and O–H groups in total. The molecule has 2 rings (SSSR count). The largest absolute Gasteiger partial charge is 0.299 e. The van der Waals surface area contributed by atoms with Gasteiger partial charge >= 0.3 is 0 Å². The van der Waals surface area contributed by atoms with Crippen LogP contribution in [-0.4, -0.2) is 17.3 Å². The van der Waals surface area contributed by atoms with Crippen molar-refractivity contribution in [3.63, 3.8) is 0 Å². The molecular weight excluding hydrogens is 280 g/mol. The van der Waals surface area contributed by atoms with Crippen LogP contribution in [0.25, 0.3) is 0 Å². The Hall–Kier alpha value is 0.200. The minimum atomic E-state index is 0.320. The molecule has 1 aliphatic heterocycles. The van der Waals surface area contributed by atoms with Gasteiger partial charge in [-0.3, -0.25) is 4.79 Å². The number of hydrogen-bond donors (Lipinski definition) is 0. The number of Topliss-reactive ketones (excluding diaryl/α,β-unsaturated/α-hetero) is 1. The van der Waals surface area contributed by atoms with Crippen LogP contribution in [0, 0.1) is 5.92 Å². The molecule has 1 unspecified atom stereocenters. The van der Waals surface area contributed by atoms with Gasteiger partial charge in [0.1, 0.15) is 5.78 Å². The van der Waals surface area contributed by atoms with E-state index in [0.717, 1.165) is 21.7 Å². The van der Waals surface area contributed by atoms with Crippen LogP contribution in [0.5, 0.6) is 0 Å². The number of thiophene rings is 1. The summed E-state index contributed by atoms with van der Waals surface area (Å²) in [4.78, 5) is 13.0. The van der Waals surface area contributed by atoms with Crippen molar-refractivity contribution >= 4 is 44.8 Å². The van der Waals surface area contributed by atoms with Crippen molar-refractivity contribution in [2.24, 2.45) is 5.92 Å². The zero-order valence-corrected chi connectivity index (χ0v) is 10.9. The molecule has 0 bridgehead atoms. The van der Waals surface area contributed by atoms with Crippen LogP contribution in [0.3, 0.4) is 0 Å². The summed E-state index contributed by atoms with van der Waals surface area (Å²) in [6.45, 7) is 0. The molecule has 1 aromatic heterocycles. The smallest absolute Gasteiger partial charge is 0.142 e. The maximum atomic E-state index is 11.8. The predicted octanol–water partition coefficient (Wildman–Crippen LogP) is 3.38. The third-order valence-corrected chi connectivity index (χ3v) is 5.15. The number of ketones is 1. The van der Waals surface area contributed by atoms with Gasteiger partial charge in [-0.15, -0.1) is 11.3 Å². The highest BCUT2D eigenvalue weighted by molar-refractivity contribution is 9.11. The molecule has 0 saturated carbocycles. The zero-order chi connectivity index (χ0) is 9.97. The van der Waals surface area contributed by atoms with Crippen LogP contribution in [0.1, 0.15) is 11.3 Å². The van der Waals surface area contributed by atoms with Crippen molar-refractivity contribution in [3.05, 3.63) is 20.8 Å². The predicted molar refractivity (Wildman–Crippen MR) is 66.2 cm³/mol. The Morgan fingerprint density at radius 2 is 2.43 bits per heavy atom. The number of halogens is 1. The van der Waals surface area contributed by atoms with E-state index in [-0.39, 0.29) is 0 Å². The fourth-order valence-electron chi connectivity index (χ4n) is 1.55. The Kier molecular flexibility index (Phi) is 3.68. The average Bonchev–Trinajstić information content (AvgIpc) is 2.75. The second kappa shape index (κ2) is 4.81. The lowest BCUT2D eigenvalue weighted by Crippen LogP contribution is -2.15. The van der Waals surface area contributed by atoms with Crippen LogP contribution in [0.15, 0.2) is 15.9 Å². The minimum Gasteiger partial charge on any atom is -0.299 e. The topological polar surface area (TPSA) is 17.1 Å². The van der Waals surface area contributed by atoms with Gasteiger partial charge in [0.15, 0.2) is 0 Å². The van der Waals surface area contributed by atoms with E-state index in [0.29, 0.717) is 18.1 Å². The van der Waals surface area contributed by atoms with Gasteiger partial charge in [0.2, 0.25) is 0 Å². The van der Waals surface area contributed by atoms with Crippen LogP contribution in [0.2, 0.25) is 0 Å². The van der Waals surface area contributed by atoms with Gasteiger partial charge < -0.3 is 0 Å². The summed E-state index contributed by atoms with van der Waals surface area (Å²) in [5.41, 5.74) is 0. The molecule has 0 radical (unpaired) electrons. The van der Waals surface area contributed by atoms with Crippen molar-refractivity contribution < 1.29 is 4.79 Å². The average molecular weight is 291 g/mol. The highest BCUT2D eigenvalue weighted by atomic mass is 79.9. The summed E-state index contributed by atoms with van der Waals surface area (Å²) in [5, 5.41) is 0. The maximum absolute atomic E-state index is 11.8. The molecule has 4 heteroatoms. The zero-order valence-electron chi connectivity index (χ0n) is 7.66. The highest BCUT2D eigenvalue weighted by Gasteiger charge is 2.23. The first-order valence-electron chi connectivity index (χ1n) is 4.60. The van der Waals surface area contributed by atoms with E-state index in [1.807, 2.05) is 23.9 Å². The molecule has 1 aromatic rings. The molecule has 0 amide bonds. The van der Waals surface area contributed by atoms with E-state index < -0.39 is 0 Å². The van der Waals surface area contributed by atoms with Crippen molar-refractivity contribution in [3.8, 4) is 0 Å². The first-order chi connectivity index (χ1) is 6.75. The standard InChI is InChI=1S/C10H11BrOS2/c11-10-2-1-8(14-10)5-9(12)7-3-4-13-6-7/h1-2,7H,3-6H2. The van der Waals surface area contributed by atoms with Gasteiger partial charge in [0, 0.05) is 23.0 Å². The fourth-order valence-corrected chi connectivity index (χ4v) is 4.30. The monoisotopic (exact) mass is 290 g/mol. The lowest BCUT2D eigenvalue weighted by molar-refractivity contribution is -0.121. The molecule has 0 aliphatic carbocycles. The van der Waals surface area contributed by atoms with Crippen molar-refractivity contribution in [1.29, 1.82) is 0 Å². The summed E-state index contributed by atoms with van der Waals surface area (Å²) in [5.74, 6) is 2.93. The molecular formula is C10H11BrOS2. The van der Waals surface area contributed by atoms with Crippen LogP contribution < -0.4 is 0 Å². The SMILES string of the molecule is O=C(Cc1ccc(Br)s1)C1CCSC1. The minimum absolute atomic E-state index is 0.320. The summed E-state index contributed by atoms with van der Waals surface area (Å²) in [7, 11) is 0. The molecule has 2 heterocycles. The normalized spacial score (nSPS) is 21.4. The van der Waals surface area contributed by atoms with Gasteiger partial charge in [-0.2, -0.15) is 11.8 Å². The van der Waals surface area contributed by atoms with E-state index in [2.05, 4.69) is 15.9 Å². The van der Waals surface area contributed by atoms with Gasteiger partial charge in [0.25, 0.3) is 0 Å². The second-order valence-electron chi connectivity index (χ2n) is 3.41. The molecule has 1 aliphatic rings. The number of carbonyl (C=O) groups excluding carboxylic acids is 1. The Bertz CT molecular complexity index is 329. The third-order valence-electron chi connectivity index (χ3n) is 2.36. The second-order valence-corrected chi connectivity index (χ2v) is 7.11. The van der Waals surface area contributed by atoms with Gasteiger partial charge in [0.05, 0.1) is 3.79 Å². The third kappa shape index (κ3) is 2.61. The van der Waals surface area contributed by atoms with Gasteiger partial charge in [-0.25, -0.2) is 0 Å². The number of rotatable bonds is 3. The van der Waals surface area contributed by atoms with Crippen LogP contribution in [-0.2, 0) is 11.2 Å². The molecule has 1 atom stereocenters. The van der Waals surface area contributed by atoms with Crippen LogP contribution in [0.4, 0.5) is 0 Å². The van der Waals surface area contributed by atoms with Crippen molar-refractivity contribution in [1.82, 2.24) is 0 Å². The number of hydrogen-bond acceptors (Lipinski definition) is 3. The van der Waals surface area contributed by atoms with Gasteiger partial charge in [-0.1, -0.05) is 0 Å². The number of thioether (sulfide) groups is 1. The number of carbonyl (C=O) groups is 1. The molecule has 76 valence electrons. The molecule has 1 fully saturated rings. The van der Waals surface area contributed by atoms with E-state index >= 15 is 0 Å². The van der Waals surface area contributed by atoms with E-state index in [1.165, 1.54) is 4.88 Å². The molecule has 1 saturated heterocycles. The van der Waals surface area contributed by atoms with E-state index in [9.17, 15) is 4.79 Å². The Balaban J connectivity index is 1.93. The summed E-state index contributed by atoms with van der Waals surface area (Å²) in [6, 6.07) is 4.05. The van der Waals surface area contributed by atoms with Crippen molar-refractivity contribution in [2.75, 3.05) is 11.5 Å². The molecule has 1 nitrogen and oxygen atoms in total. The Morgan fingerprint density at radius 1 is 1.57 bits per heavy atom. The highest BCUT2D eigenvalue weighted by Crippen LogP contribution is 2.27. The Morgan fingerprint density at radius 3 is 3.00 bits per heavy atom. The van der Waals surface area contributed by atoms with E-state index in [4.69, 9.17) is 0 Å². The fraction of sp³-hybridized carbons (Fsp3) is 0.500. The summed E-state index contributed by atoms with van der Waals surface area (Å²) >= 11 is 6.97. The quantitative estimate of drug-likeness (QED) is 0.849. The van der Waals surface area contributed by atoms with Crippen LogP contribution >= 0.6 is 39.0 Å². The first kappa shape index (κ1) is 10.7. The first-order valence-corrected chi connectivity index (χ1v) is 7.37. The lowest BCUT2D eigenvalue weighted by Gasteiger charge is -2.04. The molecule has 0 spiro atoms. The van der Waals surface area contributed by atoms with E-state index in [1.54, 1.807) is 11.3 Å². The summed E-state index contributed by atoms with van der Waals surface area (Å²) in [6.07, 6.45) is 1.71. The lowest BCUT2D eigenvalue weighted by atomic mass is 10.0.